The van der Waals surface area contributed by atoms with Crippen molar-refractivity contribution < 1.29 is 19.0 Å². The number of carboxylic acids is 1. The fourth-order valence-corrected chi connectivity index (χ4v) is 5.96. The molecule has 5 rings (SSSR count). The minimum absolute atomic E-state index is 0.0341. The van der Waals surface area contributed by atoms with Crippen molar-refractivity contribution in [1.29, 1.82) is 0 Å². The van der Waals surface area contributed by atoms with Crippen molar-refractivity contribution in [2.75, 3.05) is 24.6 Å². The first-order valence-corrected chi connectivity index (χ1v) is 13.3. The van der Waals surface area contributed by atoms with Gasteiger partial charge in [-0.25, -0.2) is 4.39 Å². The maximum atomic E-state index is 13.1. The molecule has 1 spiro atoms. The van der Waals surface area contributed by atoms with Crippen molar-refractivity contribution in [1.82, 2.24) is 4.98 Å². The molecular formula is C31H35FN2O3. The van der Waals surface area contributed by atoms with E-state index < -0.39 is 5.97 Å². The predicted molar refractivity (Wildman–Crippen MR) is 144 cm³/mol. The Hall–Kier alpha value is -3.41. The second-order valence-corrected chi connectivity index (χ2v) is 10.6. The van der Waals surface area contributed by atoms with Crippen LogP contribution in [-0.2, 0) is 17.6 Å². The molecule has 1 aromatic heterocycles. The molecule has 2 aliphatic rings. The van der Waals surface area contributed by atoms with Crippen LogP contribution >= 0.6 is 0 Å². The van der Waals surface area contributed by atoms with Crippen LogP contribution in [0.15, 0.2) is 48.5 Å². The molecule has 6 heteroatoms. The van der Waals surface area contributed by atoms with Crippen LogP contribution in [0.3, 0.4) is 0 Å². The number of ether oxygens (including phenoxy) is 1. The van der Waals surface area contributed by atoms with E-state index in [1.807, 2.05) is 38.1 Å². The second kappa shape index (κ2) is 10.5. The number of halogens is 1. The zero-order valence-corrected chi connectivity index (χ0v) is 21.7. The van der Waals surface area contributed by atoms with Gasteiger partial charge >= 0.3 is 5.97 Å². The summed E-state index contributed by atoms with van der Waals surface area (Å²) in [5.41, 5.74) is 7.13. The predicted octanol–water partition coefficient (Wildman–Crippen LogP) is 6.52. The number of carboxylic acid groups (broad SMARTS) is 1. The van der Waals surface area contributed by atoms with Crippen LogP contribution in [-0.4, -0.2) is 35.8 Å². The lowest BCUT2D eigenvalue weighted by atomic mass is 9.63. The molecule has 194 valence electrons. The lowest BCUT2D eigenvalue weighted by molar-refractivity contribution is -0.136. The van der Waals surface area contributed by atoms with Crippen LogP contribution in [0.25, 0.3) is 11.1 Å². The third-order valence-corrected chi connectivity index (χ3v) is 8.25. The number of carbonyl (C=O) groups is 1. The Morgan fingerprint density at radius 2 is 1.68 bits per heavy atom. The van der Waals surface area contributed by atoms with Crippen molar-refractivity contribution >= 4 is 11.7 Å². The van der Waals surface area contributed by atoms with E-state index in [2.05, 4.69) is 4.90 Å². The van der Waals surface area contributed by atoms with Crippen LogP contribution in [0.4, 0.5) is 10.1 Å². The number of benzene rings is 2. The van der Waals surface area contributed by atoms with Gasteiger partial charge in [-0.05, 0) is 80.3 Å². The summed E-state index contributed by atoms with van der Waals surface area (Å²) in [5.74, 6) is -0.307. The van der Waals surface area contributed by atoms with E-state index in [0.717, 1.165) is 58.2 Å². The highest BCUT2D eigenvalue weighted by molar-refractivity contribution is 5.86. The first-order valence-electron chi connectivity index (χ1n) is 13.3. The van der Waals surface area contributed by atoms with E-state index in [-0.39, 0.29) is 12.2 Å². The first kappa shape index (κ1) is 25.2. The number of aryl methyl sites for hydroxylation is 2. The van der Waals surface area contributed by atoms with Crippen molar-refractivity contribution in [3.63, 3.8) is 0 Å². The SMILES string of the molecule is Cc1nc(C)c(-c2ccc(OCCc3ccc(F)cc3)cc2)c(N2CCC3(CCC3)CC2)c1CC(=O)O. The Bertz CT molecular complexity index is 1260. The Labute approximate surface area is 218 Å². The third-order valence-electron chi connectivity index (χ3n) is 8.25. The smallest absolute Gasteiger partial charge is 0.307 e. The van der Waals surface area contributed by atoms with Gasteiger partial charge < -0.3 is 14.7 Å². The van der Waals surface area contributed by atoms with E-state index in [1.54, 1.807) is 12.1 Å². The number of piperidine rings is 1. The zero-order valence-electron chi connectivity index (χ0n) is 21.7. The van der Waals surface area contributed by atoms with E-state index in [9.17, 15) is 14.3 Å². The maximum Gasteiger partial charge on any atom is 0.307 e. The van der Waals surface area contributed by atoms with E-state index >= 15 is 0 Å². The number of hydrogen-bond donors (Lipinski definition) is 1. The molecule has 5 nitrogen and oxygen atoms in total. The van der Waals surface area contributed by atoms with Gasteiger partial charge in [-0.3, -0.25) is 9.78 Å². The number of rotatable bonds is 8. The summed E-state index contributed by atoms with van der Waals surface area (Å²) in [6.45, 7) is 6.34. The van der Waals surface area contributed by atoms with Crippen LogP contribution < -0.4 is 9.64 Å². The van der Waals surface area contributed by atoms with Gasteiger partial charge in [0.05, 0.1) is 18.7 Å². The van der Waals surface area contributed by atoms with Gasteiger partial charge in [-0.1, -0.05) is 30.7 Å². The summed E-state index contributed by atoms with van der Waals surface area (Å²) >= 11 is 0. The van der Waals surface area contributed by atoms with Crippen LogP contribution in [0.2, 0.25) is 0 Å². The first-order chi connectivity index (χ1) is 17.8. The van der Waals surface area contributed by atoms with Crippen molar-refractivity contribution in [2.24, 2.45) is 5.41 Å². The van der Waals surface area contributed by atoms with Crippen LogP contribution in [0.1, 0.15) is 54.6 Å². The zero-order chi connectivity index (χ0) is 26.0. The number of aromatic nitrogens is 1. The van der Waals surface area contributed by atoms with E-state index in [0.29, 0.717) is 18.4 Å². The summed E-state index contributed by atoms with van der Waals surface area (Å²) in [6, 6.07) is 14.5. The molecule has 2 aromatic carbocycles. The largest absolute Gasteiger partial charge is 0.493 e. The molecule has 3 aromatic rings. The number of hydrogen-bond acceptors (Lipinski definition) is 4. The Balaban J connectivity index is 1.40. The highest BCUT2D eigenvalue weighted by Crippen LogP contribution is 2.50. The molecule has 2 heterocycles. The molecule has 0 amide bonds. The molecule has 1 aliphatic heterocycles. The molecule has 0 unspecified atom stereocenters. The Morgan fingerprint density at radius 3 is 2.27 bits per heavy atom. The molecule has 1 saturated carbocycles. The molecule has 0 radical (unpaired) electrons. The fraction of sp³-hybridized carbons (Fsp3) is 0.419. The molecule has 0 bridgehead atoms. The van der Waals surface area contributed by atoms with Gasteiger partial charge in [0.1, 0.15) is 11.6 Å². The topological polar surface area (TPSA) is 62.7 Å². The minimum Gasteiger partial charge on any atom is -0.493 e. The maximum absolute atomic E-state index is 13.1. The van der Waals surface area contributed by atoms with Crippen molar-refractivity contribution in [2.45, 2.75) is 58.8 Å². The summed E-state index contributed by atoms with van der Waals surface area (Å²) < 4.78 is 19.1. The van der Waals surface area contributed by atoms with E-state index in [4.69, 9.17) is 9.72 Å². The van der Waals surface area contributed by atoms with Gasteiger partial charge in [0.15, 0.2) is 0 Å². The van der Waals surface area contributed by atoms with Crippen LogP contribution in [0.5, 0.6) is 5.75 Å². The lowest BCUT2D eigenvalue weighted by Gasteiger charge is -2.49. The average Bonchev–Trinajstić information content (AvgIpc) is 2.86. The lowest BCUT2D eigenvalue weighted by Crippen LogP contribution is -2.44. The summed E-state index contributed by atoms with van der Waals surface area (Å²) in [7, 11) is 0. The molecule has 1 aliphatic carbocycles. The minimum atomic E-state index is -0.835. The molecule has 37 heavy (non-hydrogen) atoms. The van der Waals surface area contributed by atoms with Crippen molar-refractivity contribution in [3.8, 4) is 16.9 Å². The molecule has 0 atom stereocenters. The number of anilines is 1. The highest BCUT2D eigenvalue weighted by atomic mass is 19.1. The molecule has 2 fully saturated rings. The quantitative estimate of drug-likeness (QED) is 0.380. The number of aliphatic carboxylic acids is 1. The van der Waals surface area contributed by atoms with Gasteiger partial charge in [0.25, 0.3) is 0 Å². The van der Waals surface area contributed by atoms with Gasteiger partial charge in [-0.15, -0.1) is 0 Å². The summed E-state index contributed by atoms with van der Waals surface area (Å²) in [6.07, 6.45) is 6.98. The Kier molecular flexibility index (Phi) is 7.18. The van der Waals surface area contributed by atoms with Crippen molar-refractivity contribution in [3.05, 3.63) is 76.9 Å². The fourth-order valence-electron chi connectivity index (χ4n) is 5.96. The van der Waals surface area contributed by atoms with Gasteiger partial charge in [0.2, 0.25) is 0 Å². The number of pyridine rings is 1. The van der Waals surface area contributed by atoms with Crippen LogP contribution in [0, 0.1) is 25.1 Å². The van der Waals surface area contributed by atoms with Gasteiger partial charge in [0, 0.05) is 42.0 Å². The Morgan fingerprint density at radius 1 is 1.00 bits per heavy atom. The molecular weight excluding hydrogens is 467 g/mol. The average molecular weight is 503 g/mol. The summed E-state index contributed by atoms with van der Waals surface area (Å²) in [5, 5.41) is 9.71. The normalized spacial score (nSPS) is 16.5. The molecule has 1 saturated heterocycles. The number of nitrogens with zero attached hydrogens (tertiary/aromatic N) is 2. The van der Waals surface area contributed by atoms with Gasteiger partial charge in [-0.2, -0.15) is 0 Å². The molecule has 1 N–H and O–H groups in total. The highest BCUT2D eigenvalue weighted by Gasteiger charge is 2.40. The standard InChI is InChI=1S/C31H35FN2O3/c1-21-27(20-28(35)36)30(34-17-15-31(16-18-34)13-3-14-31)29(22(2)33-21)24-6-10-26(11-7-24)37-19-12-23-4-8-25(32)9-5-23/h4-11H,3,12-20H2,1-2H3,(H,35,36). The monoisotopic (exact) mass is 502 g/mol. The third kappa shape index (κ3) is 5.48. The van der Waals surface area contributed by atoms with E-state index in [1.165, 1.54) is 44.2 Å². The summed E-state index contributed by atoms with van der Waals surface area (Å²) in [4.78, 5) is 19.0. The second-order valence-electron chi connectivity index (χ2n) is 10.6.